The zero-order chi connectivity index (χ0) is 15.1. The third-order valence-corrected chi connectivity index (χ3v) is 4.48. The third kappa shape index (κ3) is 4.27. The molecule has 0 aliphatic rings. The van der Waals surface area contributed by atoms with Gasteiger partial charge in [0.2, 0.25) is 10.0 Å². The molecule has 0 amide bonds. The Labute approximate surface area is 125 Å². The van der Waals surface area contributed by atoms with E-state index in [1.165, 1.54) is 6.20 Å². The molecule has 0 aliphatic carbocycles. The zero-order valence-electron chi connectivity index (χ0n) is 11.9. The van der Waals surface area contributed by atoms with Crippen LogP contribution in [0, 0.1) is 0 Å². The van der Waals surface area contributed by atoms with E-state index in [2.05, 4.69) is 15.0 Å². The van der Waals surface area contributed by atoms with Crippen molar-refractivity contribution in [3.63, 3.8) is 0 Å². The molecular formula is C15H19N3O2S. The first-order valence-corrected chi connectivity index (χ1v) is 8.33. The fourth-order valence-corrected chi connectivity index (χ4v) is 3.14. The topological polar surface area (TPSA) is 71.1 Å². The van der Waals surface area contributed by atoms with Crippen LogP contribution in [-0.2, 0) is 16.4 Å². The van der Waals surface area contributed by atoms with E-state index in [-0.39, 0.29) is 4.90 Å². The molecule has 6 heteroatoms. The monoisotopic (exact) mass is 305 g/mol. The second-order valence-electron chi connectivity index (χ2n) is 4.54. The lowest BCUT2D eigenvalue weighted by Gasteiger charge is -2.11. The molecular weight excluding hydrogens is 286 g/mol. The van der Waals surface area contributed by atoms with Gasteiger partial charge in [-0.3, -0.25) is 4.98 Å². The third-order valence-electron chi connectivity index (χ3n) is 2.99. The van der Waals surface area contributed by atoms with E-state index in [1.54, 1.807) is 12.3 Å². The van der Waals surface area contributed by atoms with E-state index in [9.17, 15) is 8.42 Å². The summed E-state index contributed by atoms with van der Waals surface area (Å²) in [5.74, 6) is 0. The van der Waals surface area contributed by atoms with Crippen LogP contribution in [0.3, 0.4) is 0 Å². The molecule has 0 saturated heterocycles. The van der Waals surface area contributed by atoms with Gasteiger partial charge in [0.25, 0.3) is 0 Å². The van der Waals surface area contributed by atoms with E-state index in [0.29, 0.717) is 25.2 Å². The van der Waals surface area contributed by atoms with Gasteiger partial charge in [0.1, 0.15) is 4.90 Å². The van der Waals surface area contributed by atoms with E-state index in [4.69, 9.17) is 0 Å². The van der Waals surface area contributed by atoms with Crippen molar-refractivity contribution >= 4 is 15.7 Å². The summed E-state index contributed by atoms with van der Waals surface area (Å²) in [4.78, 5) is 4.08. The zero-order valence-corrected chi connectivity index (χ0v) is 12.7. The highest BCUT2D eigenvalue weighted by molar-refractivity contribution is 7.89. The van der Waals surface area contributed by atoms with Crippen molar-refractivity contribution in [2.45, 2.75) is 18.2 Å². The smallest absolute Gasteiger partial charge is 0.244 e. The second-order valence-corrected chi connectivity index (χ2v) is 6.27. The standard InChI is InChI=1S/C15H19N3O2S/c1-2-17-14-9-10-16-12-15(14)21(19,20)18-11-8-13-6-4-3-5-7-13/h3-7,9-10,12,18H,2,8,11H2,1H3,(H,16,17). The number of nitrogens with one attached hydrogen (secondary N) is 2. The molecule has 0 fully saturated rings. The van der Waals surface area contributed by atoms with Gasteiger partial charge >= 0.3 is 0 Å². The molecule has 2 N–H and O–H groups in total. The van der Waals surface area contributed by atoms with E-state index in [1.807, 2.05) is 37.3 Å². The first-order valence-electron chi connectivity index (χ1n) is 6.85. The molecule has 0 unspecified atom stereocenters. The highest BCUT2D eigenvalue weighted by atomic mass is 32.2. The van der Waals surface area contributed by atoms with Crippen LogP contribution in [0.5, 0.6) is 0 Å². The largest absolute Gasteiger partial charge is 0.384 e. The summed E-state index contributed by atoms with van der Waals surface area (Å²) in [5, 5.41) is 3.03. The maximum Gasteiger partial charge on any atom is 0.244 e. The number of nitrogens with zero attached hydrogens (tertiary/aromatic N) is 1. The van der Waals surface area contributed by atoms with Gasteiger partial charge in [-0.1, -0.05) is 30.3 Å². The molecule has 2 aromatic rings. The number of hydrogen-bond donors (Lipinski definition) is 2. The summed E-state index contributed by atoms with van der Waals surface area (Å²) in [6.07, 6.45) is 3.58. The Hall–Kier alpha value is -1.92. The van der Waals surface area contributed by atoms with Crippen molar-refractivity contribution in [1.29, 1.82) is 0 Å². The van der Waals surface area contributed by atoms with Crippen molar-refractivity contribution < 1.29 is 8.42 Å². The number of pyridine rings is 1. The van der Waals surface area contributed by atoms with E-state index in [0.717, 1.165) is 5.56 Å². The SMILES string of the molecule is CCNc1ccncc1S(=O)(=O)NCCc1ccccc1. The van der Waals surface area contributed by atoms with Crippen LogP contribution in [0.2, 0.25) is 0 Å². The highest BCUT2D eigenvalue weighted by Gasteiger charge is 2.17. The molecule has 0 radical (unpaired) electrons. The minimum Gasteiger partial charge on any atom is -0.384 e. The maximum atomic E-state index is 12.3. The van der Waals surface area contributed by atoms with Gasteiger partial charge in [-0.2, -0.15) is 0 Å². The Morgan fingerprint density at radius 1 is 1.14 bits per heavy atom. The van der Waals surface area contributed by atoms with Gasteiger partial charge in [0.05, 0.1) is 5.69 Å². The number of anilines is 1. The Kier molecular flexibility index (Phi) is 5.30. The lowest BCUT2D eigenvalue weighted by Crippen LogP contribution is -2.27. The molecule has 0 aliphatic heterocycles. The Balaban J connectivity index is 2.05. The van der Waals surface area contributed by atoms with Crippen molar-refractivity contribution in [3.05, 3.63) is 54.4 Å². The van der Waals surface area contributed by atoms with Crippen molar-refractivity contribution in [2.75, 3.05) is 18.4 Å². The van der Waals surface area contributed by atoms with E-state index < -0.39 is 10.0 Å². The molecule has 0 bridgehead atoms. The van der Waals surface area contributed by atoms with Crippen LogP contribution in [-0.4, -0.2) is 26.5 Å². The van der Waals surface area contributed by atoms with Crippen LogP contribution in [0.25, 0.3) is 0 Å². The van der Waals surface area contributed by atoms with Crippen molar-refractivity contribution in [2.24, 2.45) is 0 Å². The number of sulfonamides is 1. The minimum absolute atomic E-state index is 0.180. The van der Waals surface area contributed by atoms with Crippen molar-refractivity contribution in [1.82, 2.24) is 9.71 Å². The highest BCUT2D eigenvalue weighted by Crippen LogP contribution is 2.18. The summed E-state index contributed by atoms with van der Waals surface area (Å²) in [5.41, 5.74) is 1.66. The average Bonchev–Trinajstić information content (AvgIpc) is 2.49. The number of aromatic nitrogens is 1. The molecule has 0 atom stereocenters. The van der Waals surface area contributed by atoms with Gasteiger partial charge in [0.15, 0.2) is 0 Å². The lowest BCUT2D eigenvalue weighted by molar-refractivity contribution is 0.581. The molecule has 112 valence electrons. The van der Waals surface area contributed by atoms with Crippen LogP contribution >= 0.6 is 0 Å². The van der Waals surface area contributed by atoms with Gasteiger partial charge in [-0.05, 0) is 25.0 Å². The van der Waals surface area contributed by atoms with Gasteiger partial charge in [-0.15, -0.1) is 0 Å². The lowest BCUT2D eigenvalue weighted by atomic mass is 10.2. The van der Waals surface area contributed by atoms with Crippen LogP contribution in [0.4, 0.5) is 5.69 Å². The van der Waals surface area contributed by atoms with Crippen molar-refractivity contribution in [3.8, 4) is 0 Å². The molecule has 5 nitrogen and oxygen atoms in total. The molecule has 0 spiro atoms. The fraction of sp³-hybridized carbons (Fsp3) is 0.267. The molecule has 1 heterocycles. The first-order chi connectivity index (χ1) is 10.1. The average molecular weight is 305 g/mol. The normalized spacial score (nSPS) is 11.3. The molecule has 21 heavy (non-hydrogen) atoms. The first kappa shape index (κ1) is 15.5. The molecule has 1 aromatic heterocycles. The maximum absolute atomic E-state index is 12.3. The summed E-state index contributed by atoms with van der Waals surface area (Å²) >= 11 is 0. The summed E-state index contributed by atoms with van der Waals surface area (Å²) in [6.45, 7) is 2.92. The summed E-state index contributed by atoms with van der Waals surface area (Å²) in [7, 11) is -3.56. The molecule has 0 saturated carbocycles. The van der Waals surface area contributed by atoms with Crippen LogP contribution in [0.15, 0.2) is 53.7 Å². The Bertz CT molecular complexity index is 672. The predicted molar refractivity (Wildman–Crippen MR) is 83.7 cm³/mol. The number of rotatable bonds is 7. The van der Waals surface area contributed by atoms with Crippen LogP contribution in [0.1, 0.15) is 12.5 Å². The fourth-order valence-electron chi connectivity index (χ4n) is 1.98. The van der Waals surface area contributed by atoms with E-state index >= 15 is 0 Å². The van der Waals surface area contributed by atoms with Gasteiger partial charge in [0, 0.05) is 25.5 Å². The molecule has 1 aromatic carbocycles. The summed E-state index contributed by atoms with van der Waals surface area (Å²) < 4.78 is 27.3. The van der Waals surface area contributed by atoms with Gasteiger partial charge in [-0.25, -0.2) is 13.1 Å². The predicted octanol–water partition coefficient (Wildman–Crippen LogP) is 2.03. The van der Waals surface area contributed by atoms with Crippen LogP contribution < -0.4 is 10.0 Å². The molecule has 2 rings (SSSR count). The minimum atomic E-state index is -3.56. The number of benzene rings is 1. The Morgan fingerprint density at radius 2 is 1.90 bits per heavy atom. The van der Waals surface area contributed by atoms with Gasteiger partial charge < -0.3 is 5.32 Å². The second kappa shape index (κ2) is 7.19. The summed E-state index contributed by atoms with van der Waals surface area (Å²) in [6, 6.07) is 11.4. The quantitative estimate of drug-likeness (QED) is 0.821. The number of hydrogen-bond acceptors (Lipinski definition) is 4. The Morgan fingerprint density at radius 3 is 2.62 bits per heavy atom.